The normalized spacial score (nSPS) is 35.4. The maximum Gasteiger partial charge on any atom is 0.228 e. The quantitative estimate of drug-likeness (QED) is 0.702. The first-order chi connectivity index (χ1) is 7.72. The first kappa shape index (κ1) is 11.8. The summed E-state index contributed by atoms with van der Waals surface area (Å²) in [6.07, 6.45) is 0.597. The lowest BCUT2D eigenvalue weighted by atomic mass is 10.0. The molecule has 0 aromatic heterocycles. The molecule has 5 heteroatoms. The number of carbonyl (C=O) groups is 1. The van der Waals surface area contributed by atoms with Gasteiger partial charge in [0.05, 0.1) is 31.3 Å². The van der Waals surface area contributed by atoms with E-state index in [2.05, 4.69) is 0 Å². The Labute approximate surface area is 95.3 Å². The van der Waals surface area contributed by atoms with Gasteiger partial charge in [0.15, 0.2) is 0 Å². The van der Waals surface area contributed by atoms with Crippen LogP contribution in [0.5, 0.6) is 0 Å². The molecule has 0 aromatic rings. The number of rotatable bonds is 2. The van der Waals surface area contributed by atoms with Gasteiger partial charge < -0.3 is 19.5 Å². The summed E-state index contributed by atoms with van der Waals surface area (Å²) in [5.41, 5.74) is 0. The highest BCUT2D eigenvalue weighted by Gasteiger charge is 2.35. The van der Waals surface area contributed by atoms with Crippen LogP contribution in [-0.2, 0) is 14.3 Å². The number of aliphatic hydroxyl groups excluding tert-OH is 1. The Balaban J connectivity index is 1.93. The molecule has 2 fully saturated rings. The third-order valence-electron chi connectivity index (χ3n) is 3.35. The van der Waals surface area contributed by atoms with E-state index >= 15 is 0 Å². The summed E-state index contributed by atoms with van der Waals surface area (Å²) >= 11 is 0. The fourth-order valence-corrected chi connectivity index (χ4v) is 2.32. The Kier molecular flexibility index (Phi) is 3.78. The molecule has 0 aromatic carbocycles. The summed E-state index contributed by atoms with van der Waals surface area (Å²) in [5.74, 6) is 0.129. The number of ether oxygens (including phenoxy) is 2. The number of aliphatic hydroxyl groups is 1. The molecule has 2 aliphatic rings. The fraction of sp³-hybridized carbons (Fsp3) is 0.909. The second kappa shape index (κ2) is 5.12. The van der Waals surface area contributed by atoms with Crippen molar-refractivity contribution in [1.82, 2.24) is 4.90 Å². The Morgan fingerprint density at radius 2 is 2.25 bits per heavy atom. The molecule has 16 heavy (non-hydrogen) atoms. The third-order valence-corrected chi connectivity index (χ3v) is 3.35. The van der Waals surface area contributed by atoms with Gasteiger partial charge in [0.1, 0.15) is 0 Å². The van der Waals surface area contributed by atoms with Crippen molar-refractivity contribution in [3.8, 4) is 0 Å². The lowest BCUT2D eigenvalue weighted by molar-refractivity contribution is -0.145. The Hall–Kier alpha value is -0.650. The van der Waals surface area contributed by atoms with Crippen molar-refractivity contribution >= 4 is 5.91 Å². The summed E-state index contributed by atoms with van der Waals surface area (Å²) in [4.78, 5) is 14.0. The van der Waals surface area contributed by atoms with Gasteiger partial charge in [-0.2, -0.15) is 0 Å². The largest absolute Gasteiger partial charge is 0.394 e. The Morgan fingerprint density at radius 3 is 2.88 bits per heavy atom. The van der Waals surface area contributed by atoms with Crippen LogP contribution in [-0.4, -0.2) is 61.0 Å². The predicted molar refractivity (Wildman–Crippen MR) is 56.9 cm³/mol. The van der Waals surface area contributed by atoms with E-state index in [0.717, 1.165) is 6.42 Å². The van der Waals surface area contributed by atoms with Crippen LogP contribution >= 0.6 is 0 Å². The number of morpholine rings is 1. The lowest BCUT2D eigenvalue weighted by Gasteiger charge is -2.34. The molecule has 92 valence electrons. The lowest BCUT2D eigenvalue weighted by Crippen LogP contribution is -2.49. The van der Waals surface area contributed by atoms with Crippen LogP contribution in [0.3, 0.4) is 0 Å². The number of nitrogens with zero attached hydrogens (tertiary/aromatic N) is 1. The van der Waals surface area contributed by atoms with E-state index in [4.69, 9.17) is 14.6 Å². The molecule has 0 radical (unpaired) electrons. The van der Waals surface area contributed by atoms with Gasteiger partial charge in [0, 0.05) is 19.7 Å². The predicted octanol–water partition coefficient (Wildman–Crippen LogP) is -0.369. The highest BCUT2D eigenvalue weighted by molar-refractivity contribution is 5.79. The van der Waals surface area contributed by atoms with Gasteiger partial charge >= 0.3 is 0 Å². The molecule has 2 aliphatic heterocycles. The van der Waals surface area contributed by atoms with E-state index < -0.39 is 0 Å². The zero-order valence-corrected chi connectivity index (χ0v) is 9.59. The van der Waals surface area contributed by atoms with Crippen LogP contribution in [0, 0.1) is 5.92 Å². The summed E-state index contributed by atoms with van der Waals surface area (Å²) in [6.45, 7) is 4.22. The third kappa shape index (κ3) is 2.36. The number of carbonyl (C=O) groups excluding carboxylic acids is 1. The summed E-state index contributed by atoms with van der Waals surface area (Å²) in [5, 5.41) is 9.02. The highest BCUT2D eigenvalue weighted by atomic mass is 16.5. The van der Waals surface area contributed by atoms with Gasteiger partial charge in [-0.25, -0.2) is 0 Å². The summed E-state index contributed by atoms with van der Waals surface area (Å²) in [7, 11) is 0. The van der Waals surface area contributed by atoms with Crippen LogP contribution in [0.25, 0.3) is 0 Å². The van der Waals surface area contributed by atoms with Gasteiger partial charge in [0.2, 0.25) is 5.91 Å². The zero-order valence-electron chi connectivity index (χ0n) is 9.59. The van der Waals surface area contributed by atoms with Crippen molar-refractivity contribution in [2.24, 2.45) is 5.92 Å². The Bertz CT molecular complexity index is 258. The van der Waals surface area contributed by atoms with E-state index in [1.807, 2.05) is 6.92 Å². The first-order valence-corrected chi connectivity index (χ1v) is 5.85. The molecule has 1 N–H and O–H groups in total. The zero-order chi connectivity index (χ0) is 11.5. The standard InChI is InChI=1S/C11H19NO4/c1-8-10(2-4-15-8)11(14)12-3-5-16-9(6-12)7-13/h8-10,13H,2-7H2,1H3. The second-order valence-corrected chi connectivity index (χ2v) is 4.43. The van der Waals surface area contributed by atoms with Gasteiger partial charge in [-0.1, -0.05) is 0 Å². The van der Waals surface area contributed by atoms with Crippen molar-refractivity contribution in [3.05, 3.63) is 0 Å². The van der Waals surface area contributed by atoms with Crippen LogP contribution in [0.1, 0.15) is 13.3 Å². The average Bonchev–Trinajstić information content (AvgIpc) is 2.74. The number of hydrogen-bond donors (Lipinski definition) is 1. The molecular formula is C11H19NO4. The molecule has 2 rings (SSSR count). The fourth-order valence-electron chi connectivity index (χ4n) is 2.32. The van der Waals surface area contributed by atoms with Gasteiger partial charge in [0.25, 0.3) is 0 Å². The Morgan fingerprint density at radius 1 is 1.44 bits per heavy atom. The molecular weight excluding hydrogens is 210 g/mol. The van der Waals surface area contributed by atoms with Crippen LogP contribution in [0.2, 0.25) is 0 Å². The van der Waals surface area contributed by atoms with Gasteiger partial charge in [-0.05, 0) is 13.3 Å². The minimum Gasteiger partial charge on any atom is -0.394 e. The second-order valence-electron chi connectivity index (χ2n) is 4.43. The van der Waals surface area contributed by atoms with E-state index in [0.29, 0.717) is 26.3 Å². The number of amides is 1. The smallest absolute Gasteiger partial charge is 0.228 e. The minimum absolute atomic E-state index is 0.0163. The van der Waals surface area contributed by atoms with Gasteiger partial charge in [-0.3, -0.25) is 4.79 Å². The monoisotopic (exact) mass is 229 g/mol. The summed E-state index contributed by atoms with van der Waals surface area (Å²) in [6, 6.07) is 0. The van der Waals surface area contributed by atoms with Crippen molar-refractivity contribution in [2.45, 2.75) is 25.6 Å². The molecule has 5 nitrogen and oxygen atoms in total. The SMILES string of the molecule is CC1OCCC1C(=O)N1CCOC(CO)C1. The summed E-state index contributed by atoms with van der Waals surface area (Å²) < 4.78 is 10.7. The van der Waals surface area contributed by atoms with Crippen LogP contribution < -0.4 is 0 Å². The molecule has 2 heterocycles. The molecule has 0 saturated carbocycles. The topological polar surface area (TPSA) is 59.0 Å². The van der Waals surface area contributed by atoms with Crippen molar-refractivity contribution < 1.29 is 19.4 Å². The van der Waals surface area contributed by atoms with E-state index in [1.165, 1.54) is 0 Å². The first-order valence-electron chi connectivity index (χ1n) is 5.85. The van der Waals surface area contributed by atoms with Crippen LogP contribution in [0.4, 0.5) is 0 Å². The molecule has 0 bridgehead atoms. The molecule has 3 atom stereocenters. The van der Waals surface area contributed by atoms with Crippen molar-refractivity contribution in [3.63, 3.8) is 0 Å². The van der Waals surface area contributed by atoms with Gasteiger partial charge in [-0.15, -0.1) is 0 Å². The van der Waals surface area contributed by atoms with Crippen LogP contribution in [0.15, 0.2) is 0 Å². The van der Waals surface area contributed by atoms with E-state index in [1.54, 1.807) is 4.90 Å². The molecule has 0 aliphatic carbocycles. The number of hydrogen-bond acceptors (Lipinski definition) is 4. The van der Waals surface area contributed by atoms with E-state index in [9.17, 15) is 4.79 Å². The highest BCUT2D eigenvalue weighted by Crippen LogP contribution is 2.23. The molecule has 2 saturated heterocycles. The average molecular weight is 229 g/mol. The van der Waals surface area contributed by atoms with E-state index in [-0.39, 0.29) is 30.6 Å². The maximum absolute atomic E-state index is 12.2. The van der Waals surface area contributed by atoms with Crippen molar-refractivity contribution in [1.29, 1.82) is 0 Å². The maximum atomic E-state index is 12.2. The molecule has 1 amide bonds. The molecule has 3 unspecified atom stereocenters. The minimum atomic E-state index is -0.227. The molecule has 0 spiro atoms. The van der Waals surface area contributed by atoms with Crippen molar-refractivity contribution in [2.75, 3.05) is 32.9 Å².